The fourth-order valence-electron chi connectivity index (χ4n) is 3.86. The maximum Gasteiger partial charge on any atom is 0.325 e. The van der Waals surface area contributed by atoms with Crippen LogP contribution in [0.1, 0.15) is 43.7 Å². The summed E-state index contributed by atoms with van der Waals surface area (Å²) >= 11 is 0. The van der Waals surface area contributed by atoms with Crippen LogP contribution in [-0.2, 0) is 15.1 Å². The van der Waals surface area contributed by atoms with E-state index in [4.69, 9.17) is 4.74 Å². The highest BCUT2D eigenvalue weighted by molar-refractivity contribution is 6.09. The van der Waals surface area contributed by atoms with E-state index >= 15 is 0 Å². The maximum absolute atomic E-state index is 13.0. The van der Waals surface area contributed by atoms with Crippen molar-refractivity contribution in [2.45, 2.75) is 57.2 Å². The summed E-state index contributed by atoms with van der Waals surface area (Å²) in [5.74, 6) is -0.144. The molecule has 1 aliphatic carbocycles. The van der Waals surface area contributed by atoms with Crippen molar-refractivity contribution in [1.29, 1.82) is 0 Å². The number of nitrogens with zero attached hydrogens (tertiary/aromatic N) is 1. The summed E-state index contributed by atoms with van der Waals surface area (Å²) in [7, 11) is 1.57. The number of ether oxygens (including phenoxy) is 1. The molecule has 1 heterocycles. The van der Waals surface area contributed by atoms with Crippen molar-refractivity contribution >= 4 is 17.8 Å². The van der Waals surface area contributed by atoms with Gasteiger partial charge >= 0.3 is 6.03 Å². The number of carbonyl (C=O) groups excluding carboxylic acids is 3. The molecule has 1 aromatic carbocycles. The molecule has 0 aromatic heterocycles. The summed E-state index contributed by atoms with van der Waals surface area (Å²) in [6.07, 6.45) is 2.35. The first-order valence-corrected chi connectivity index (χ1v) is 9.51. The summed E-state index contributed by atoms with van der Waals surface area (Å²) in [5, 5.41) is 15.1. The van der Waals surface area contributed by atoms with Crippen molar-refractivity contribution in [1.82, 2.24) is 15.5 Å². The van der Waals surface area contributed by atoms with Crippen LogP contribution >= 0.6 is 0 Å². The van der Waals surface area contributed by atoms with E-state index < -0.39 is 17.5 Å². The highest BCUT2D eigenvalue weighted by atomic mass is 16.5. The molecule has 28 heavy (non-hydrogen) atoms. The Labute approximate surface area is 164 Å². The molecule has 1 saturated carbocycles. The first-order chi connectivity index (χ1) is 13.2. The first-order valence-electron chi connectivity index (χ1n) is 9.51. The zero-order chi connectivity index (χ0) is 20.5. The number of nitrogens with one attached hydrogen (secondary N) is 2. The van der Waals surface area contributed by atoms with E-state index in [0.717, 1.165) is 10.5 Å². The Kier molecular flexibility index (Phi) is 5.60. The Morgan fingerprint density at radius 3 is 2.61 bits per heavy atom. The van der Waals surface area contributed by atoms with Gasteiger partial charge in [0.25, 0.3) is 5.91 Å². The highest BCUT2D eigenvalue weighted by Gasteiger charge is 2.49. The van der Waals surface area contributed by atoms with Crippen molar-refractivity contribution < 1.29 is 24.2 Å². The zero-order valence-electron chi connectivity index (χ0n) is 16.4. The number of hydrogen-bond donors (Lipinski definition) is 3. The summed E-state index contributed by atoms with van der Waals surface area (Å²) in [6, 6.07) is 4.67. The van der Waals surface area contributed by atoms with Crippen LogP contribution in [0.15, 0.2) is 18.2 Å². The van der Waals surface area contributed by atoms with Crippen molar-refractivity contribution in [2.75, 3.05) is 13.7 Å². The molecular weight excluding hydrogens is 362 g/mol. The molecule has 1 saturated heterocycles. The molecule has 152 valence electrons. The minimum Gasteiger partial charge on any atom is -0.496 e. The van der Waals surface area contributed by atoms with Crippen LogP contribution in [-0.4, -0.2) is 53.7 Å². The molecule has 2 fully saturated rings. The van der Waals surface area contributed by atoms with Gasteiger partial charge < -0.3 is 20.5 Å². The zero-order valence-corrected chi connectivity index (χ0v) is 16.4. The van der Waals surface area contributed by atoms with Crippen LogP contribution in [0.3, 0.4) is 0 Å². The lowest BCUT2D eigenvalue weighted by atomic mass is 9.90. The van der Waals surface area contributed by atoms with Crippen LogP contribution in [0.2, 0.25) is 0 Å². The molecule has 3 N–H and O–H groups in total. The summed E-state index contributed by atoms with van der Waals surface area (Å²) < 4.78 is 5.24. The molecule has 1 aromatic rings. The van der Waals surface area contributed by atoms with E-state index in [0.29, 0.717) is 37.0 Å². The van der Waals surface area contributed by atoms with Crippen molar-refractivity contribution in [3.8, 4) is 5.75 Å². The third-order valence-corrected chi connectivity index (χ3v) is 5.61. The Morgan fingerprint density at radius 2 is 2.00 bits per heavy atom. The topological polar surface area (TPSA) is 108 Å². The second-order valence-corrected chi connectivity index (χ2v) is 7.70. The fraction of sp³-hybridized carbons (Fsp3) is 0.550. The summed E-state index contributed by atoms with van der Waals surface area (Å²) in [6.45, 7) is 3.17. The van der Waals surface area contributed by atoms with E-state index in [1.807, 2.05) is 6.92 Å². The molecule has 0 radical (unpaired) electrons. The maximum atomic E-state index is 13.0. The van der Waals surface area contributed by atoms with Crippen molar-refractivity contribution in [3.63, 3.8) is 0 Å². The van der Waals surface area contributed by atoms with Crippen LogP contribution in [0.4, 0.5) is 4.79 Å². The highest BCUT2D eigenvalue weighted by Crippen LogP contribution is 2.31. The van der Waals surface area contributed by atoms with Gasteiger partial charge in [0.1, 0.15) is 17.8 Å². The molecule has 8 nitrogen and oxygen atoms in total. The quantitative estimate of drug-likeness (QED) is 0.656. The number of rotatable bonds is 5. The number of methoxy groups -OCH3 is 1. The Balaban J connectivity index is 1.69. The standard InChI is InChI=1S/C20H27N3O5/c1-12-10-13(4-9-16(12)28-3)20(2)18(26)23(19(27)22-20)11-17(25)21-14-5-7-15(24)8-6-14/h4,9-10,14-15,24H,5-8,11H2,1-3H3,(H,21,25)(H,22,27). The largest absolute Gasteiger partial charge is 0.496 e. The molecule has 3 rings (SSSR count). The Bertz CT molecular complexity index is 788. The van der Waals surface area contributed by atoms with E-state index in [9.17, 15) is 19.5 Å². The molecule has 1 unspecified atom stereocenters. The average molecular weight is 389 g/mol. The number of amides is 4. The van der Waals surface area contributed by atoms with Gasteiger partial charge in [-0.25, -0.2) is 4.79 Å². The smallest absolute Gasteiger partial charge is 0.325 e. The number of aryl methyl sites for hydroxylation is 1. The van der Waals surface area contributed by atoms with E-state index in [1.165, 1.54) is 0 Å². The van der Waals surface area contributed by atoms with Gasteiger partial charge in [-0.1, -0.05) is 6.07 Å². The van der Waals surface area contributed by atoms with Crippen LogP contribution < -0.4 is 15.4 Å². The van der Waals surface area contributed by atoms with Crippen molar-refractivity contribution in [3.05, 3.63) is 29.3 Å². The minimum atomic E-state index is -1.23. The molecule has 0 spiro atoms. The van der Waals surface area contributed by atoms with Gasteiger partial charge in [0.05, 0.1) is 13.2 Å². The fourth-order valence-corrected chi connectivity index (χ4v) is 3.86. The molecule has 2 aliphatic rings. The van der Waals surface area contributed by atoms with E-state index in [1.54, 1.807) is 32.2 Å². The minimum absolute atomic E-state index is 0.0349. The third kappa shape index (κ3) is 3.82. The lowest BCUT2D eigenvalue weighted by molar-refractivity contribution is -0.135. The molecular formula is C20H27N3O5. The molecule has 4 amide bonds. The number of imide groups is 1. The number of hydrogen-bond acceptors (Lipinski definition) is 5. The number of urea groups is 1. The number of aliphatic hydroxyl groups excluding tert-OH is 1. The number of aliphatic hydroxyl groups is 1. The second kappa shape index (κ2) is 7.79. The van der Waals surface area contributed by atoms with Crippen molar-refractivity contribution in [2.24, 2.45) is 0 Å². The Hall–Kier alpha value is -2.61. The molecule has 0 bridgehead atoms. The number of benzene rings is 1. The van der Waals surface area contributed by atoms with Crippen LogP contribution in [0, 0.1) is 6.92 Å². The summed E-state index contributed by atoms with van der Waals surface area (Å²) in [4.78, 5) is 38.7. The molecule has 1 atom stereocenters. The van der Waals surface area contributed by atoms with Gasteiger partial charge in [0.15, 0.2) is 0 Å². The van der Waals surface area contributed by atoms with Crippen LogP contribution in [0.5, 0.6) is 5.75 Å². The van der Waals surface area contributed by atoms with E-state index in [2.05, 4.69) is 10.6 Å². The lowest BCUT2D eigenvalue weighted by Gasteiger charge is -2.27. The second-order valence-electron chi connectivity index (χ2n) is 7.70. The normalized spacial score (nSPS) is 27.5. The SMILES string of the molecule is COc1ccc(C2(C)NC(=O)N(CC(=O)NC3CCC(O)CC3)C2=O)cc1C. The monoisotopic (exact) mass is 389 g/mol. The summed E-state index contributed by atoms with van der Waals surface area (Å²) in [5.41, 5.74) is 0.246. The molecule has 1 aliphatic heterocycles. The van der Waals surface area contributed by atoms with Gasteiger partial charge in [-0.3, -0.25) is 14.5 Å². The van der Waals surface area contributed by atoms with Gasteiger partial charge in [-0.05, 0) is 62.8 Å². The lowest BCUT2D eigenvalue weighted by Crippen LogP contribution is -2.46. The predicted octanol–water partition coefficient (Wildman–Crippen LogP) is 1.19. The third-order valence-electron chi connectivity index (χ3n) is 5.61. The first kappa shape index (κ1) is 20.1. The predicted molar refractivity (Wildman–Crippen MR) is 102 cm³/mol. The van der Waals surface area contributed by atoms with Gasteiger partial charge in [0.2, 0.25) is 5.91 Å². The number of carbonyl (C=O) groups is 3. The van der Waals surface area contributed by atoms with Gasteiger partial charge in [0, 0.05) is 6.04 Å². The Morgan fingerprint density at radius 1 is 1.32 bits per heavy atom. The van der Waals surface area contributed by atoms with Crippen LogP contribution in [0.25, 0.3) is 0 Å². The average Bonchev–Trinajstić information content (AvgIpc) is 2.87. The van der Waals surface area contributed by atoms with Gasteiger partial charge in [-0.2, -0.15) is 0 Å². The van der Waals surface area contributed by atoms with E-state index in [-0.39, 0.29) is 24.6 Å². The molecule has 8 heteroatoms. The van der Waals surface area contributed by atoms with Gasteiger partial charge in [-0.15, -0.1) is 0 Å².